The number of aliphatic carboxylic acids is 2. The van der Waals surface area contributed by atoms with Crippen LogP contribution in [0.4, 0.5) is 0 Å². The Balaban J connectivity index is -0.0000000417. The van der Waals surface area contributed by atoms with E-state index in [-0.39, 0.29) is 50.9 Å². The number of carbonyl (C=O) groups excluding carboxylic acids is 2. The zero-order valence-corrected chi connectivity index (χ0v) is 8.24. The first kappa shape index (κ1) is 22.9. The van der Waals surface area contributed by atoms with E-state index in [2.05, 4.69) is 0 Å². The summed E-state index contributed by atoms with van der Waals surface area (Å²) < 4.78 is 0. The summed E-state index contributed by atoms with van der Waals surface area (Å²) in [5.74, 6) is -4.37. The van der Waals surface area contributed by atoms with Gasteiger partial charge in [-0.1, -0.05) is 0 Å². The molecule has 0 atom stereocenters. The third-order valence-electron chi connectivity index (χ3n) is 0.167. The third kappa shape index (κ3) is 17.9. The van der Waals surface area contributed by atoms with E-state index in [1.807, 2.05) is 0 Å². The van der Waals surface area contributed by atoms with Gasteiger partial charge in [0, 0.05) is 0 Å². The van der Waals surface area contributed by atoms with E-state index in [1.165, 1.54) is 0 Å². The molecule has 0 spiro atoms. The molecule has 7 heteroatoms. The Kier molecular flexibility index (Phi) is 28.1. The number of carboxylic acids is 2. The molecule has 0 aromatic heterocycles. The quantitative estimate of drug-likeness (QED) is 0.400. The van der Waals surface area contributed by atoms with Crippen molar-refractivity contribution in [3.05, 3.63) is 0 Å². The fourth-order valence-corrected chi connectivity index (χ4v) is 0. The molecule has 52 valence electrons. The molecule has 4 N–H and O–H groups in total. The van der Waals surface area contributed by atoms with Gasteiger partial charge in [-0.15, -0.1) is 0 Å². The molecule has 0 aliphatic rings. The largest absolute Gasteiger partial charge is 2.00 e. The molecule has 0 unspecified atom stereocenters. The molecule has 9 heavy (non-hydrogen) atoms. The van der Waals surface area contributed by atoms with Crippen molar-refractivity contribution in [2.45, 2.75) is 0 Å². The molecule has 0 aliphatic carbocycles. The number of rotatable bonds is 0. The second kappa shape index (κ2) is 11.0. The van der Waals surface area contributed by atoms with Crippen LogP contribution in [-0.2, 0) is 9.59 Å². The first-order valence-corrected chi connectivity index (χ1v) is 1.07. The van der Waals surface area contributed by atoms with E-state index in [0.29, 0.717) is 0 Å². The molecule has 0 rings (SSSR count). The molecule has 0 aromatic rings. The van der Waals surface area contributed by atoms with Crippen molar-refractivity contribution in [1.82, 2.24) is 0 Å². The smallest absolute Gasteiger partial charge is 0.543 e. The number of carbonyl (C=O) groups is 2. The van der Waals surface area contributed by atoms with E-state index in [4.69, 9.17) is 19.8 Å². The standard InChI is InChI=1S/C2H2O4.2H2O.Th/c3-1(4)2(5)6;;;/h(H,3,4)(H,5,6);2*1H2;/q;;;+2/p-2. The average Bonchev–Trinajstić information content (AvgIpc) is 1.36. The van der Waals surface area contributed by atoms with Crippen LogP contribution in [-0.4, -0.2) is 22.9 Å². The van der Waals surface area contributed by atoms with Gasteiger partial charge in [0.05, 0.1) is 11.9 Å². The van der Waals surface area contributed by atoms with Crippen LogP contribution in [0.5, 0.6) is 0 Å². The summed E-state index contributed by atoms with van der Waals surface area (Å²) in [7, 11) is 0. The van der Waals surface area contributed by atoms with Gasteiger partial charge in [-0.25, -0.2) is 0 Å². The topological polar surface area (TPSA) is 143 Å². The SMILES string of the molecule is O.O.O=C([O-])C(=O)[O-].[Th+2]. The molecular formula is C2H4O6Th. The summed E-state index contributed by atoms with van der Waals surface area (Å²) in [6.07, 6.45) is 0. The van der Waals surface area contributed by atoms with Crippen LogP contribution in [0.1, 0.15) is 0 Å². The Morgan fingerprint density at radius 3 is 1.00 bits per heavy atom. The van der Waals surface area contributed by atoms with Gasteiger partial charge >= 0.3 is 39.9 Å². The summed E-state index contributed by atoms with van der Waals surface area (Å²) in [5, 5.41) is 17.9. The molecule has 0 aliphatic heterocycles. The van der Waals surface area contributed by atoms with Crippen molar-refractivity contribution in [2.24, 2.45) is 0 Å². The van der Waals surface area contributed by atoms with Gasteiger partial charge in [0.2, 0.25) is 0 Å². The predicted molar refractivity (Wildman–Crippen MR) is 17.2 cm³/mol. The van der Waals surface area contributed by atoms with Gasteiger partial charge in [0.15, 0.2) is 0 Å². The molecular weight excluding hydrogens is 352 g/mol. The van der Waals surface area contributed by atoms with Crippen molar-refractivity contribution >= 4 is 11.9 Å². The van der Waals surface area contributed by atoms with Gasteiger partial charge in [0.25, 0.3) is 0 Å². The summed E-state index contributed by atoms with van der Waals surface area (Å²) in [5.41, 5.74) is 0. The van der Waals surface area contributed by atoms with E-state index in [9.17, 15) is 0 Å². The van der Waals surface area contributed by atoms with E-state index in [0.717, 1.165) is 0 Å². The first-order chi connectivity index (χ1) is 2.64. The average molecular weight is 356 g/mol. The van der Waals surface area contributed by atoms with Gasteiger partial charge in [0.1, 0.15) is 0 Å². The van der Waals surface area contributed by atoms with Crippen molar-refractivity contribution in [3.8, 4) is 0 Å². The van der Waals surface area contributed by atoms with Gasteiger partial charge < -0.3 is 30.8 Å². The normalized spacial score (nSPS) is 4.89. The zero-order valence-electron chi connectivity index (χ0n) is 4.13. The monoisotopic (exact) mass is 356 g/mol. The van der Waals surface area contributed by atoms with Crippen molar-refractivity contribution in [1.29, 1.82) is 0 Å². The molecule has 0 amide bonds. The van der Waals surface area contributed by atoms with Gasteiger partial charge in [-0.2, -0.15) is 0 Å². The molecule has 0 fully saturated rings. The van der Waals surface area contributed by atoms with Crippen LogP contribution in [0.25, 0.3) is 0 Å². The van der Waals surface area contributed by atoms with Gasteiger partial charge in [-0.05, 0) is 0 Å². The Labute approximate surface area is 82.2 Å². The summed E-state index contributed by atoms with van der Waals surface area (Å²) in [6, 6.07) is 0. The molecule has 6 nitrogen and oxygen atoms in total. The van der Waals surface area contributed by atoms with Crippen LogP contribution < -0.4 is 10.2 Å². The Morgan fingerprint density at radius 2 is 1.00 bits per heavy atom. The minimum atomic E-state index is -2.19. The van der Waals surface area contributed by atoms with Crippen molar-refractivity contribution in [3.63, 3.8) is 0 Å². The Morgan fingerprint density at radius 1 is 0.889 bits per heavy atom. The second-order valence-corrected chi connectivity index (χ2v) is 0.575. The van der Waals surface area contributed by atoms with Crippen LogP contribution in [0.15, 0.2) is 0 Å². The van der Waals surface area contributed by atoms with Crippen molar-refractivity contribution < 1.29 is 70.7 Å². The van der Waals surface area contributed by atoms with Crippen LogP contribution >= 0.6 is 0 Å². The van der Waals surface area contributed by atoms with Crippen molar-refractivity contribution in [2.75, 3.05) is 0 Å². The number of hydrogen-bond donors (Lipinski definition) is 0. The minimum Gasteiger partial charge on any atom is -0.543 e. The fourth-order valence-electron chi connectivity index (χ4n) is 0. The van der Waals surface area contributed by atoms with Crippen LogP contribution in [0, 0.1) is 39.9 Å². The van der Waals surface area contributed by atoms with E-state index in [1.54, 1.807) is 0 Å². The van der Waals surface area contributed by atoms with E-state index < -0.39 is 11.9 Å². The van der Waals surface area contributed by atoms with Crippen LogP contribution in [0.2, 0.25) is 0 Å². The molecule has 0 saturated carbocycles. The summed E-state index contributed by atoms with van der Waals surface area (Å²) >= 11 is 0. The number of carboxylic acid groups (broad SMARTS) is 2. The Bertz CT molecular complexity index is 77.1. The number of hydrogen-bond acceptors (Lipinski definition) is 4. The minimum absolute atomic E-state index is 0. The summed E-state index contributed by atoms with van der Waals surface area (Å²) in [4.78, 5) is 17.9. The molecule has 0 aromatic carbocycles. The van der Waals surface area contributed by atoms with Crippen LogP contribution in [0.3, 0.4) is 0 Å². The maximum absolute atomic E-state index is 8.93. The second-order valence-electron chi connectivity index (χ2n) is 0.575. The molecule has 0 bridgehead atoms. The zero-order chi connectivity index (χ0) is 5.15. The predicted octanol–water partition coefficient (Wildman–Crippen LogP) is -5.16. The van der Waals surface area contributed by atoms with Gasteiger partial charge in [-0.3, -0.25) is 0 Å². The third-order valence-corrected chi connectivity index (χ3v) is 0.167. The fraction of sp³-hybridized carbons (Fsp3) is 0. The molecule has 0 saturated heterocycles. The maximum Gasteiger partial charge on any atom is 2.00 e. The molecule has 0 heterocycles. The Hall–Kier alpha value is 0.185. The molecule has 0 radical (unpaired) electrons. The van der Waals surface area contributed by atoms with E-state index >= 15 is 0 Å². The maximum atomic E-state index is 8.93. The summed E-state index contributed by atoms with van der Waals surface area (Å²) in [6.45, 7) is 0. The first-order valence-electron chi connectivity index (χ1n) is 1.07.